The Morgan fingerprint density at radius 3 is 2.55 bits per heavy atom. The first-order valence-electron chi connectivity index (χ1n) is 7.71. The summed E-state index contributed by atoms with van der Waals surface area (Å²) in [5.74, 6) is 1.40. The topological polar surface area (TPSA) is 64.6 Å². The molecule has 6 heteroatoms. The highest BCUT2D eigenvalue weighted by atomic mass is 32.2. The molecule has 0 amide bonds. The number of nitrogens with one attached hydrogen (secondary N) is 1. The van der Waals surface area contributed by atoms with Crippen molar-refractivity contribution in [3.63, 3.8) is 0 Å². The zero-order valence-corrected chi connectivity index (χ0v) is 14.2. The summed E-state index contributed by atoms with van der Waals surface area (Å²) < 4.78 is 37.2. The lowest BCUT2D eigenvalue weighted by Gasteiger charge is -2.19. The minimum Gasteiger partial charge on any atom is -0.493 e. The number of rotatable bonds is 7. The Bertz CT molecular complexity index is 568. The highest BCUT2D eigenvalue weighted by molar-refractivity contribution is 7.89. The first-order chi connectivity index (χ1) is 10.4. The summed E-state index contributed by atoms with van der Waals surface area (Å²) >= 11 is 0. The van der Waals surface area contributed by atoms with Crippen LogP contribution in [0.4, 0.5) is 0 Å². The lowest BCUT2D eigenvalue weighted by atomic mass is 10.0. The van der Waals surface area contributed by atoms with Gasteiger partial charge in [-0.3, -0.25) is 0 Å². The third kappa shape index (κ3) is 4.69. The lowest BCUT2D eigenvalue weighted by molar-refractivity contribution is 0.167. The van der Waals surface area contributed by atoms with E-state index in [2.05, 4.69) is 30.7 Å². The van der Waals surface area contributed by atoms with Gasteiger partial charge in [0.15, 0.2) is 0 Å². The number of sulfonamides is 1. The third-order valence-corrected chi connectivity index (χ3v) is 5.34. The van der Waals surface area contributed by atoms with Gasteiger partial charge in [-0.1, -0.05) is 26.0 Å². The van der Waals surface area contributed by atoms with E-state index < -0.39 is 10.0 Å². The second-order valence-corrected chi connectivity index (χ2v) is 8.00. The van der Waals surface area contributed by atoms with E-state index in [1.807, 2.05) is 12.1 Å². The Morgan fingerprint density at radius 2 is 1.95 bits per heavy atom. The first-order valence-corrected chi connectivity index (χ1v) is 9.37. The molecule has 2 atom stereocenters. The molecule has 1 N–H and O–H groups in total. The van der Waals surface area contributed by atoms with Crippen LogP contribution >= 0.6 is 0 Å². The third-order valence-electron chi connectivity index (χ3n) is 3.92. The number of hydrogen-bond acceptors (Lipinski definition) is 4. The summed E-state index contributed by atoms with van der Waals surface area (Å²) in [5, 5.41) is 0. The van der Waals surface area contributed by atoms with E-state index in [0.29, 0.717) is 25.7 Å². The van der Waals surface area contributed by atoms with Crippen LogP contribution < -0.4 is 9.46 Å². The monoisotopic (exact) mass is 327 g/mol. The summed E-state index contributed by atoms with van der Waals surface area (Å²) in [6.45, 7) is 7.28. The fraction of sp³-hybridized carbons (Fsp3) is 0.625. The minimum atomic E-state index is -3.22. The fourth-order valence-corrected chi connectivity index (χ4v) is 3.25. The molecule has 0 unspecified atom stereocenters. The highest BCUT2D eigenvalue weighted by Gasteiger charge is 2.31. The van der Waals surface area contributed by atoms with Gasteiger partial charge in [0.05, 0.1) is 31.6 Å². The van der Waals surface area contributed by atoms with Crippen molar-refractivity contribution in [2.75, 3.05) is 25.6 Å². The molecule has 124 valence electrons. The van der Waals surface area contributed by atoms with E-state index in [9.17, 15) is 8.42 Å². The molecule has 0 aromatic heterocycles. The Hall–Kier alpha value is -1.11. The van der Waals surface area contributed by atoms with Gasteiger partial charge >= 0.3 is 0 Å². The normalized spacial score (nSPS) is 22.2. The molecule has 1 aliphatic rings. The molecule has 0 saturated carbocycles. The maximum atomic E-state index is 11.7. The van der Waals surface area contributed by atoms with Gasteiger partial charge in [-0.2, -0.15) is 0 Å². The van der Waals surface area contributed by atoms with Gasteiger partial charge < -0.3 is 9.47 Å². The maximum absolute atomic E-state index is 11.7. The van der Waals surface area contributed by atoms with Crippen LogP contribution in [0.2, 0.25) is 0 Å². The van der Waals surface area contributed by atoms with Crippen LogP contribution in [0.1, 0.15) is 32.3 Å². The van der Waals surface area contributed by atoms with Crippen molar-refractivity contribution in [2.24, 2.45) is 5.92 Å². The number of hydrogen-bond donors (Lipinski definition) is 1. The molecule has 2 rings (SSSR count). The molecule has 1 saturated heterocycles. The Balaban J connectivity index is 1.90. The predicted octanol–water partition coefficient (Wildman–Crippen LogP) is 2.14. The molecule has 0 spiro atoms. The Labute approximate surface area is 133 Å². The van der Waals surface area contributed by atoms with Crippen LogP contribution in [0.15, 0.2) is 24.3 Å². The zero-order chi connectivity index (χ0) is 16.2. The van der Waals surface area contributed by atoms with E-state index in [1.165, 1.54) is 5.56 Å². The van der Waals surface area contributed by atoms with Gasteiger partial charge in [-0.25, -0.2) is 13.1 Å². The largest absolute Gasteiger partial charge is 0.493 e. The van der Waals surface area contributed by atoms with Crippen LogP contribution in [0.5, 0.6) is 5.75 Å². The second kappa shape index (κ2) is 7.44. The van der Waals surface area contributed by atoms with E-state index in [4.69, 9.17) is 9.47 Å². The van der Waals surface area contributed by atoms with Crippen LogP contribution in [-0.2, 0) is 14.8 Å². The summed E-state index contributed by atoms with van der Waals surface area (Å²) in [6, 6.07) is 7.82. The quantitative estimate of drug-likeness (QED) is 0.833. The van der Waals surface area contributed by atoms with Crippen molar-refractivity contribution in [1.82, 2.24) is 4.72 Å². The van der Waals surface area contributed by atoms with Crippen LogP contribution in [0.25, 0.3) is 0 Å². The van der Waals surface area contributed by atoms with Gasteiger partial charge in [0.2, 0.25) is 10.0 Å². The molecule has 0 radical (unpaired) electrons. The zero-order valence-electron chi connectivity index (χ0n) is 13.4. The van der Waals surface area contributed by atoms with Crippen LogP contribution in [0, 0.1) is 5.92 Å². The summed E-state index contributed by atoms with van der Waals surface area (Å²) in [5.41, 5.74) is 1.27. The first kappa shape index (κ1) is 17.2. The molecule has 22 heavy (non-hydrogen) atoms. The molecule has 1 aromatic carbocycles. The van der Waals surface area contributed by atoms with Crippen molar-refractivity contribution in [3.8, 4) is 5.75 Å². The van der Waals surface area contributed by atoms with Crippen molar-refractivity contribution >= 4 is 10.0 Å². The lowest BCUT2D eigenvalue weighted by Crippen LogP contribution is -2.42. The maximum Gasteiger partial charge on any atom is 0.211 e. The average molecular weight is 327 g/mol. The van der Waals surface area contributed by atoms with Gasteiger partial charge in [0.25, 0.3) is 0 Å². The summed E-state index contributed by atoms with van der Waals surface area (Å²) in [6.07, 6.45) is 0. The average Bonchev–Trinajstić information content (AvgIpc) is 2.92. The van der Waals surface area contributed by atoms with Gasteiger partial charge in [-0.05, 0) is 30.5 Å². The van der Waals surface area contributed by atoms with Crippen molar-refractivity contribution in [2.45, 2.75) is 32.7 Å². The smallest absolute Gasteiger partial charge is 0.211 e. The summed E-state index contributed by atoms with van der Waals surface area (Å²) in [4.78, 5) is 0. The molecular formula is C16H25NO4S. The molecule has 0 bridgehead atoms. The van der Waals surface area contributed by atoms with E-state index in [-0.39, 0.29) is 17.7 Å². The Kier molecular flexibility index (Phi) is 5.83. The molecule has 1 fully saturated rings. The summed E-state index contributed by atoms with van der Waals surface area (Å²) in [7, 11) is -3.22. The van der Waals surface area contributed by atoms with E-state index in [0.717, 1.165) is 5.75 Å². The number of ether oxygens (including phenoxy) is 2. The van der Waals surface area contributed by atoms with Crippen LogP contribution in [0.3, 0.4) is 0 Å². The van der Waals surface area contributed by atoms with Crippen molar-refractivity contribution in [1.29, 1.82) is 0 Å². The van der Waals surface area contributed by atoms with Gasteiger partial charge in [0, 0.05) is 5.92 Å². The molecule has 1 aliphatic heterocycles. The van der Waals surface area contributed by atoms with Crippen molar-refractivity contribution in [3.05, 3.63) is 29.8 Å². The molecule has 0 aliphatic carbocycles. The molecular weight excluding hydrogens is 302 g/mol. The fourth-order valence-electron chi connectivity index (χ4n) is 2.36. The predicted molar refractivity (Wildman–Crippen MR) is 86.7 cm³/mol. The second-order valence-electron chi connectivity index (χ2n) is 5.96. The SMILES string of the molecule is CCS(=O)(=O)N[C@H]1COC[C@H]1COc1ccc(C(C)C)cc1. The van der Waals surface area contributed by atoms with E-state index >= 15 is 0 Å². The molecule has 1 heterocycles. The van der Waals surface area contributed by atoms with Gasteiger partial charge in [-0.15, -0.1) is 0 Å². The number of benzene rings is 1. The van der Waals surface area contributed by atoms with Gasteiger partial charge in [0.1, 0.15) is 5.75 Å². The minimum absolute atomic E-state index is 0.0334. The van der Waals surface area contributed by atoms with Crippen molar-refractivity contribution < 1.29 is 17.9 Å². The molecule has 5 nitrogen and oxygen atoms in total. The van der Waals surface area contributed by atoms with Crippen LogP contribution in [-0.4, -0.2) is 40.0 Å². The highest BCUT2D eigenvalue weighted by Crippen LogP contribution is 2.21. The van der Waals surface area contributed by atoms with E-state index in [1.54, 1.807) is 6.92 Å². The standard InChI is InChI=1S/C16H25NO4S/c1-4-22(18,19)17-16-11-20-9-14(16)10-21-15-7-5-13(6-8-15)12(2)3/h5-8,12,14,16-17H,4,9-11H2,1-3H3/t14-,16-/m0/s1. The molecule has 1 aromatic rings. The Morgan fingerprint density at radius 1 is 1.27 bits per heavy atom.